The van der Waals surface area contributed by atoms with Crippen molar-refractivity contribution in [2.45, 2.75) is 52.5 Å². The summed E-state index contributed by atoms with van der Waals surface area (Å²) in [7, 11) is 0. The fraction of sp³-hybridized carbons (Fsp3) is 0.562. The summed E-state index contributed by atoms with van der Waals surface area (Å²) < 4.78 is 8.81. The molecule has 1 aromatic carbocycles. The molecule has 0 saturated heterocycles. The fourth-order valence-electron chi connectivity index (χ4n) is 2.76. The van der Waals surface area contributed by atoms with Crippen LogP contribution in [0, 0.1) is 4.77 Å². The average molecular weight is 292 g/mol. The molecule has 110 valence electrons. The molecule has 0 spiro atoms. The molecule has 0 unspecified atom stereocenters. The highest BCUT2D eigenvalue weighted by Crippen LogP contribution is 2.31. The summed E-state index contributed by atoms with van der Waals surface area (Å²) in [5, 5.41) is 0. The number of nitrogens with one attached hydrogen (secondary N) is 1. The van der Waals surface area contributed by atoms with Gasteiger partial charge in [-0.05, 0) is 51.0 Å². The van der Waals surface area contributed by atoms with E-state index in [1.54, 1.807) is 0 Å². The maximum absolute atomic E-state index is 5.82. The standard InChI is InChI=1S/C16H24N2OS/c1-5-10-16(3,4)18-12-8-7-9-13(19-11-6-2)14(12)17-15(18)20/h7-9H,5-6,10-11H2,1-4H3,(H,17,20). The van der Waals surface area contributed by atoms with Gasteiger partial charge in [-0.15, -0.1) is 0 Å². The molecule has 4 heteroatoms. The Morgan fingerprint density at radius 2 is 2.00 bits per heavy atom. The highest BCUT2D eigenvalue weighted by molar-refractivity contribution is 7.71. The van der Waals surface area contributed by atoms with E-state index in [0.29, 0.717) is 0 Å². The summed E-state index contributed by atoms with van der Waals surface area (Å²) in [5.74, 6) is 0.890. The largest absolute Gasteiger partial charge is 0.491 e. The van der Waals surface area contributed by atoms with Crippen LogP contribution in [0.3, 0.4) is 0 Å². The highest BCUT2D eigenvalue weighted by atomic mass is 32.1. The summed E-state index contributed by atoms with van der Waals surface area (Å²) in [5.41, 5.74) is 2.14. The molecule has 0 aliphatic carbocycles. The topological polar surface area (TPSA) is 29.9 Å². The molecule has 0 atom stereocenters. The van der Waals surface area contributed by atoms with Gasteiger partial charge in [-0.2, -0.15) is 0 Å². The molecule has 0 aliphatic rings. The average Bonchev–Trinajstić information content (AvgIpc) is 2.73. The fourth-order valence-corrected chi connectivity index (χ4v) is 3.21. The van der Waals surface area contributed by atoms with Gasteiger partial charge in [-0.1, -0.05) is 26.3 Å². The second kappa shape index (κ2) is 6.00. The molecule has 0 amide bonds. The molecule has 0 bridgehead atoms. The Labute approximate surface area is 126 Å². The highest BCUT2D eigenvalue weighted by Gasteiger charge is 2.23. The van der Waals surface area contributed by atoms with Crippen molar-refractivity contribution in [3.8, 4) is 5.75 Å². The minimum atomic E-state index is 0.00740. The number of imidazole rings is 1. The number of hydrogen-bond acceptors (Lipinski definition) is 2. The Morgan fingerprint density at radius 3 is 2.65 bits per heavy atom. The third-order valence-electron chi connectivity index (χ3n) is 3.61. The quantitative estimate of drug-likeness (QED) is 0.757. The number of hydrogen-bond donors (Lipinski definition) is 1. The molecule has 1 N–H and O–H groups in total. The lowest BCUT2D eigenvalue weighted by Gasteiger charge is -2.27. The van der Waals surface area contributed by atoms with Gasteiger partial charge in [-0.25, -0.2) is 0 Å². The van der Waals surface area contributed by atoms with E-state index in [9.17, 15) is 0 Å². The Hall–Kier alpha value is -1.29. The van der Waals surface area contributed by atoms with Crippen LogP contribution in [0.2, 0.25) is 0 Å². The lowest BCUT2D eigenvalue weighted by Crippen LogP contribution is -2.25. The van der Waals surface area contributed by atoms with Crippen LogP contribution in [-0.2, 0) is 5.54 Å². The maximum Gasteiger partial charge on any atom is 0.178 e. The zero-order chi connectivity index (χ0) is 14.8. The van der Waals surface area contributed by atoms with E-state index in [1.807, 2.05) is 12.1 Å². The molecule has 0 saturated carbocycles. The summed E-state index contributed by atoms with van der Waals surface area (Å²) in [6.07, 6.45) is 3.22. The van der Waals surface area contributed by atoms with Crippen LogP contribution >= 0.6 is 12.2 Å². The molecule has 0 radical (unpaired) electrons. The number of para-hydroxylation sites is 1. The maximum atomic E-state index is 5.82. The van der Waals surface area contributed by atoms with Crippen molar-refractivity contribution < 1.29 is 4.74 Å². The summed E-state index contributed by atoms with van der Waals surface area (Å²) in [4.78, 5) is 3.32. The molecule has 1 aromatic heterocycles. The van der Waals surface area contributed by atoms with E-state index in [0.717, 1.165) is 47.4 Å². The lowest BCUT2D eigenvalue weighted by molar-refractivity contribution is 0.320. The minimum Gasteiger partial charge on any atom is -0.491 e. The number of H-pyrrole nitrogens is 1. The van der Waals surface area contributed by atoms with Crippen molar-refractivity contribution in [3.05, 3.63) is 23.0 Å². The zero-order valence-corrected chi connectivity index (χ0v) is 13.6. The third kappa shape index (κ3) is 2.75. The Balaban J connectivity index is 2.58. The first-order valence-corrected chi connectivity index (χ1v) is 7.79. The van der Waals surface area contributed by atoms with E-state index >= 15 is 0 Å². The van der Waals surface area contributed by atoms with E-state index in [2.05, 4.69) is 43.3 Å². The molecule has 1 heterocycles. The Kier molecular flexibility index (Phi) is 4.53. The number of aromatic amines is 1. The van der Waals surface area contributed by atoms with Crippen LogP contribution in [0.1, 0.15) is 47.0 Å². The SMILES string of the molecule is CCCOc1cccc2c1[nH]c(=S)n2C(C)(C)CCC. The van der Waals surface area contributed by atoms with Gasteiger partial charge < -0.3 is 14.3 Å². The third-order valence-corrected chi connectivity index (χ3v) is 3.89. The molecule has 20 heavy (non-hydrogen) atoms. The molecule has 2 rings (SSSR count). The van der Waals surface area contributed by atoms with Gasteiger partial charge in [0, 0.05) is 5.54 Å². The van der Waals surface area contributed by atoms with Crippen LogP contribution < -0.4 is 4.74 Å². The van der Waals surface area contributed by atoms with Crippen LogP contribution in [0.25, 0.3) is 11.0 Å². The van der Waals surface area contributed by atoms with Gasteiger partial charge in [0.2, 0.25) is 0 Å². The van der Waals surface area contributed by atoms with Crippen molar-refractivity contribution in [1.82, 2.24) is 9.55 Å². The predicted octanol–water partition coefficient (Wildman–Crippen LogP) is 5.02. The first-order valence-electron chi connectivity index (χ1n) is 7.38. The monoisotopic (exact) mass is 292 g/mol. The molecular weight excluding hydrogens is 268 g/mol. The van der Waals surface area contributed by atoms with Gasteiger partial charge in [0.1, 0.15) is 11.3 Å². The van der Waals surface area contributed by atoms with E-state index in [1.165, 1.54) is 0 Å². The summed E-state index contributed by atoms with van der Waals surface area (Å²) in [6.45, 7) is 9.51. The first kappa shape index (κ1) is 15.1. The number of rotatable bonds is 6. The van der Waals surface area contributed by atoms with E-state index in [4.69, 9.17) is 17.0 Å². The van der Waals surface area contributed by atoms with Crippen molar-refractivity contribution in [2.24, 2.45) is 0 Å². The molecule has 0 aliphatic heterocycles. The number of benzene rings is 1. The van der Waals surface area contributed by atoms with Gasteiger partial charge in [0.25, 0.3) is 0 Å². The summed E-state index contributed by atoms with van der Waals surface area (Å²) in [6, 6.07) is 6.15. The zero-order valence-electron chi connectivity index (χ0n) is 12.8. The van der Waals surface area contributed by atoms with Crippen molar-refractivity contribution >= 4 is 23.3 Å². The first-order chi connectivity index (χ1) is 9.51. The summed E-state index contributed by atoms with van der Waals surface area (Å²) >= 11 is 5.54. The van der Waals surface area contributed by atoms with E-state index in [-0.39, 0.29) is 5.54 Å². The smallest absolute Gasteiger partial charge is 0.178 e. The predicted molar refractivity (Wildman–Crippen MR) is 87.1 cm³/mol. The van der Waals surface area contributed by atoms with Crippen LogP contribution in [0.5, 0.6) is 5.75 Å². The Bertz CT molecular complexity index is 639. The molecule has 3 nitrogen and oxygen atoms in total. The molecular formula is C16H24N2OS. The molecule has 0 fully saturated rings. The normalized spacial score (nSPS) is 12.0. The van der Waals surface area contributed by atoms with E-state index < -0.39 is 0 Å². The number of aromatic nitrogens is 2. The van der Waals surface area contributed by atoms with Gasteiger partial charge in [-0.3, -0.25) is 0 Å². The van der Waals surface area contributed by atoms with Crippen LogP contribution in [0.4, 0.5) is 0 Å². The number of fused-ring (bicyclic) bond motifs is 1. The Morgan fingerprint density at radius 1 is 1.25 bits per heavy atom. The second-order valence-corrected chi connectivity index (χ2v) is 6.21. The van der Waals surface area contributed by atoms with Crippen LogP contribution in [0.15, 0.2) is 18.2 Å². The van der Waals surface area contributed by atoms with Crippen LogP contribution in [-0.4, -0.2) is 16.2 Å². The lowest BCUT2D eigenvalue weighted by atomic mass is 9.98. The van der Waals surface area contributed by atoms with Gasteiger partial charge in [0.05, 0.1) is 12.1 Å². The van der Waals surface area contributed by atoms with Crippen molar-refractivity contribution in [2.75, 3.05) is 6.61 Å². The second-order valence-electron chi connectivity index (χ2n) is 5.83. The van der Waals surface area contributed by atoms with Crippen molar-refractivity contribution in [3.63, 3.8) is 0 Å². The van der Waals surface area contributed by atoms with Crippen molar-refractivity contribution in [1.29, 1.82) is 0 Å². The number of nitrogens with zero attached hydrogens (tertiary/aromatic N) is 1. The molecule has 2 aromatic rings. The van der Waals surface area contributed by atoms with Gasteiger partial charge in [0.15, 0.2) is 4.77 Å². The number of ether oxygens (including phenoxy) is 1. The van der Waals surface area contributed by atoms with Gasteiger partial charge >= 0.3 is 0 Å². The minimum absolute atomic E-state index is 0.00740.